The van der Waals surface area contributed by atoms with Crippen molar-refractivity contribution in [2.24, 2.45) is 0 Å². The summed E-state index contributed by atoms with van der Waals surface area (Å²) < 4.78 is 5.19. The van der Waals surface area contributed by atoms with E-state index in [2.05, 4.69) is 5.32 Å². The first kappa shape index (κ1) is 18.4. The summed E-state index contributed by atoms with van der Waals surface area (Å²) in [7, 11) is 0. The molecule has 3 rings (SSSR count). The molecule has 3 aromatic rings. The zero-order valence-corrected chi connectivity index (χ0v) is 15.1. The Morgan fingerprint density at radius 1 is 0.778 bits per heavy atom. The van der Waals surface area contributed by atoms with Crippen LogP contribution in [0.4, 0.5) is 4.79 Å². The molecule has 0 aliphatic heterocycles. The summed E-state index contributed by atoms with van der Waals surface area (Å²) in [6.07, 6.45) is -0.762. The summed E-state index contributed by atoms with van der Waals surface area (Å²) in [5, 5.41) is 2.39. The van der Waals surface area contributed by atoms with Crippen molar-refractivity contribution in [1.82, 2.24) is 5.32 Å². The molecule has 0 aromatic heterocycles. The monoisotopic (exact) mass is 359 g/mol. The van der Waals surface area contributed by atoms with Gasteiger partial charge in [-0.3, -0.25) is 10.1 Å². The van der Waals surface area contributed by atoms with E-state index in [9.17, 15) is 9.59 Å². The summed E-state index contributed by atoms with van der Waals surface area (Å²) in [6.45, 7) is 1.91. The largest absolute Gasteiger partial charge is 0.444 e. The Morgan fingerprint density at radius 2 is 1.22 bits per heavy atom. The van der Waals surface area contributed by atoms with E-state index in [1.54, 1.807) is 6.92 Å². The van der Waals surface area contributed by atoms with Crippen LogP contribution in [0.1, 0.15) is 23.6 Å². The standard InChI is InChI=1S/C23H21NO3/c1-23(19-13-7-3-8-14-19,20-15-9-4-10-16-20)21(25)24-22(26)27-17-18-11-5-2-6-12-18/h2-16H,17H2,1H3,(H,24,25,26). The lowest BCUT2D eigenvalue weighted by molar-refractivity contribution is -0.124. The second-order valence-electron chi connectivity index (χ2n) is 6.37. The van der Waals surface area contributed by atoms with Crippen molar-refractivity contribution >= 4 is 12.0 Å². The van der Waals surface area contributed by atoms with E-state index < -0.39 is 17.4 Å². The average Bonchev–Trinajstić information content (AvgIpc) is 2.73. The molecule has 0 spiro atoms. The van der Waals surface area contributed by atoms with Crippen molar-refractivity contribution in [3.05, 3.63) is 108 Å². The highest BCUT2D eigenvalue weighted by Crippen LogP contribution is 2.32. The number of carbonyl (C=O) groups is 2. The first-order chi connectivity index (χ1) is 13.1. The number of alkyl carbamates (subject to hydrolysis) is 1. The van der Waals surface area contributed by atoms with E-state index in [4.69, 9.17) is 4.74 Å². The van der Waals surface area contributed by atoms with Crippen molar-refractivity contribution in [3.8, 4) is 0 Å². The van der Waals surface area contributed by atoms with Crippen LogP contribution in [0.25, 0.3) is 0 Å². The van der Waals surface area contributed by atoms with Gasteiger partial charge in [-0.1, -0.05) is 91.0 Å². The second kappa shape index (κ2) is 8.32. The third-order valence-electron chi connectivity index (χ3n) is 4.58. The van der Waals surface area contributed by atoms with Crippen LogP contribution in [0.3, 0.4) is 0 Å². The van der Waals surface area contributed by atoms with Gasteiger partial charge in [-0.15, -0.1) is 0 Å². The number of hydrogen-bond donors (Lipinski definition) is 1. The third-order valence-corrected chi connectivity index (χ3v) is 4.58. The van der Waals surface area contributed by atoms with E-state index in [0.29, 0.717) is 0 Å². The Hall–Kier alpha value is -3.40. The fraction of sp³-hybridized carbons (Fsp3) is 0.130. The third kappa shape index (κ3) is 4.23. The van der Waals surface area contributed by atoms with Crippen molar-refractivity contribution in [2.45, 2.75) is 18.9 Å². The van der Waals surface area contributed by atoms with E-state index in [-0.39, 0.29) is 6.61 Å². The fourth-order valence-electron chi connectivity index (χ4n) is 2.95. The zero-order valence-electron chi connectivity index (χ0n) is 15.1. The number of amides is 2. The molecule has 0 fully saturated rings. The van der Waals surface area contributed by atoms with Gasteiger partial charge in [0.1, 0.15) is 6.61 Å². The minimum Gasteiger partial charge on any atom is -0.444 e. The Bertz CT molecular complexity index is 853. The Morgan fingerprint density at radius 3 is 1.70 bits per heavy atom. The molecule has 0 heterocycles. The normalized spacial score (nSPS) is 10.9. The average molecular weight is 359 g/mol. The maximum atomic E-state index is 13.1. The van der Waals surface area contributed by atoms with Crippen molar-refractivity contribution in [1.29, 1.82) is 0 Å². The van der Waals surface area contributed by atoms with Gasteiger partial charge in [-0.05, 0) is 23.6 Å². The molecule has 1 N–H and O–H groups in total. The van der Waals surface area contributed by atoms with Crippen LogP contribution in [-0.4, -0.2) is 12.0 Å². The van der Waals surface area contributed by atoms with Crippen LogP contribution in [0, 0.1) is 0 Å². The SMILES string of the molecule is CC(C(=O)NC(=O)OCc1ccccc1)(c1ccccc1)c1ccccc1. The molecule has 4 nitrogen and oxygen atoms in total. The number of hydrogen-bond acceptors (Lipinski definition) is 3. The lowest BCUT2D eigenvalue weighted by Gasteiger charge is -2.29. The number of benzene rings is 3. The van der Waals surface area contributed by atoms with Gasteiger partial charge >= 0.3 is 6.09 Å². The van der Waals surface area contributed by atoms with Gasteiger partial charge in [0.15, 0.2) is 0 Å². The van der Waals surface area contributed by atoms with Gasteiger partial charge in [0.2, 0.25) is 5.91 Å². The topological polar surface area (TPSA) is 55.4 Å². The molecule has 2 amide bonds. The second-order valence-corrected chi connectivity index (χ2v) is 6.37. The van der Waals surface area contributed by atoms with Crippen LogP contribution >= 0.6 is 0 Å². The predicted molar refractivity (Wildman–Crippen MR) is 104 cm³/mol. The maximum Gasteiger partial charge on any atom is 0.414 e. The highest BCUT2D eigenvalue weighted by Gasteiger charge is 2.38. The number of imide groups is 1. The number of nitrogens with one attached hydrogen (secondary N) is 1. The highest BCUT2D eigenvalue weighted by atomic mass is 16.5. The summed E-state index contributed by atoms with van der Waals surface area (Å²) in [4.78, 5) is 25.3. The van der Waals surface area contributed by atoms with Crippen LogP contribution in [0.15, 0.2) is 91.0 Å². The summed E-state index contributed by atoms with van der Waals surface area (Å²) in [5.41, 5.74) is 1.43. The van der Waals surface area contributed by atoms with E-state index in [1.807, 2.05) is 91.0 Å². The summed E-state index contributed by atoms with van der Waals surface area (Å²) in [5.74, 6) is -0.432. The van der Waals surface area contributed by atoms with E-state index in [0.717, 1.165) is 16.7 Å². The Balaban J connectivity index is 1.79. The smallest absolute Gasteiger partial charge is 0.414 e. The van der Waals surface area contributed by atoms with E-state index in [1.165, 1.54) is 0 Å². The summed E-state index contributed by atoms with van der Waals surface area (Å²) >= 11 is 0. The molecule has 0 radical (unpaired) electrons. The van der Waals surface area contributed by atoms with Crippen molar-refractivity contribution < 1.29 is 14.3 Å². The van der Waals surface area contributed by atoms with Crippen LogP contribution < -0.4 is 5.32 Å². The Kier molecular flexibility index (Phi) is 5.67. The van der Waals surface area contributed by atoms with Gasteiger partial charge in [0, 0.05) is 0 Å². The molecule has 0 aliphatic rings. The molecular weight excluding hydrogens is 338 g/mol. The fourth-order valence-corrected chi connectivity index (χ4v) is 2.95. The molecule has 3 aromatic carbocycles. The van der Waals surface area contributed by atoms with Gasteiger partial charge in [-0.2, -0.15) is 0 Å². The molecule has 0 unspecified atom stereocenters. The van der Waals surface area contributed by atoms with Gasteiger partial charge in [0.05, 0.1) is 5.41 Å². The first-order valence-electron chi connectivity index (χ1n) is 8.74. The lowest BCUT2D eigenvalue weighted by Crippen LogP contribution is -2.45. The molecule has 0 atom stereocenters. The molecule has 0 aliphatic carbocycles. The van der Waals surface area contributed by atoms with Gasteiger partial charge < -0.3 is 4.74 Å². The molecule has 27 heavy (non-hydrogen) atoms. The van der Waals surface area contributed by atoms with Gasteiger partial charge in [0.25, 0.3) is 0 Å². The summed E-state index contributed by atoms with van der Waals surface area (Å²) in [6, 6.07) is 28.1. The van der Waals surface area contributed by atoms with Crippen LogP contribution in [0.2, 0.25) is 0 Å². The number of carbonyl (C=O) groups excluding carboxylic acids is 2. The van der Waals surface area contributed by atoms with Crippen LogP contribution in [-0.2, 0) is 21.6 Å². The molecule has 136 valence electrons. The first-order valence-corrected chi connectivity index (χ1v) is 8.74. The van der Waals surface area contributed by atoms with Crippen molar-refractivity contribution in [2.75, 3.05) is 0 Å². The number of ether oxygens (including phenoxy) is 1. The minimum absolute atomic E-state index is 0.105. The van der Waals surface area contributed by atoms with Gasteiger partial charge in [-0.25, -0.2) is 4.79 Å². The molecule has 0 saturated heterocycles. The highest BCUT2D eigenvalue weighted by molar-refractivity contribution is 6.00. The molecule has 0 saturated carbocycles. The maximum absolute atomic E-state index is 13.1. The van der Waals surface area contributed by atoms with E-state index >= 15 is 0 Å². The predicted octanol–water partition coefficient (Wildman–Crippen LogP) is 4.45. The quantitative estimate of drug-likeness (QED) is 0.732. The van der Waals surface area contributed by atoms with Crippen molar-refractivity contribution in [3.63, 3.8) is 0 Å². The van der Waals surface area contributed by atoms with Crippen LogP contribution in [0.5, 0.6) is 0 Å². The number of rotatable bonds is 5. The molecule has 0 bridgehead atoms. The molecule has 4 heteroatoms. The molecular formula is C23H21NO3. The lowest BCUT2D eigenvalue weighted by atomic mass is 9.75. The Labute approximate surface area is 158 Å². The minimum atomic E-state index is -1.02. The zero-order chi connectivity index (χ0) is 19.1.